The van der Waals surface area contributed by atoms with Crippen LogP contribution in [0.15, 0.2) is 11.4 Å². The second kappa shape index (κ2) is 3.89. The molecule has 5 heteroatoms. The van der Waals surface area contributed by atoms with Crippen molar-refractivity contribution in [3.8, 4) is 0 Å². The molecule has 1 aromatic rings. The van der Waals surface area contributed by atoms with E-state index in [1.54, 1.807) is 18.5 Å². The Balaban J connectivity index is 2.78. The summed E-state index contributed by atoms with van der Waals surface area (Å²) in [6, 6.07) is 1.62. The highest BCUT2D eigenvalue weighted by atomic mass is 35.5. The molecule has 0 saturated heterocycles. The van der Waals surface area contributed by atoms with E-state index < -0.39 is 0 Å². The third kappa shape index (κ3) is 1.97. The van der Waals surface area contributed by atoms with Gasteiger partial charge in [0.2, 0.25) is 0 Å². The van der Waals surface area contributed by atoms with E-state index in [1.807, 2.05) is 0 Å². The first kappa shape index (κ1) is 9.51. The van der Waals surface area contributed by atoms with Gasteiger partial charge in [0, 0.05) is 12.4 Å². The highest BCUT2D eigenvalue weighted by Gasteiger charge is 2.12. The zero-order valence-electron chi connectivity index (χ0n) is 6.70. The van der Waals surface area contributed by atoms with Crippen LogP contribution < -0.4 is 0 Å². The molecule has 0 saturated carbocycles. The molecule has 0 spiro atoms. The van der Waals surface area contributed by atoms with Crippen LogP contribution >= 0.6 is 22.9 Å². The van der Waals surface area contributed by atoms with Crippen LogP contribution in [0.4, 0.5) is 0 Å². The van der Waals surface area contributed by atoms with Crippen LogP contribution in [-0.2, 0) is 4.84 Å². The van der Waals surface area contributed by atoms with Gasteiger partial charge in [0.1, 0.15) is 0 Å². The lowest BCUT2D eigenvalue weighted by molar-refractivity contribution is -0.0756. The number of hydroxylamine groups is 2. The van der Waals surface area contributed by atoms with Crippen LogP contribution in [0.2, 0.25) is 4.34 Å². The Morgan fingerprint density at radius 3 is 2.83 bits per heavy atom. The molecule has 0 unspecified atom stereocenters. The van der Waals surface area contributed by atoms with E-state index >= 15 is 0 Å². The monoisotopic (exact) mass is 205 g/mol. The van der Waals surface area contributed by atoms with Crippen molar-refractivity contribution in [1.29, 1.82) is 0 Å². The highest BCUT2D eigenvalue weighted by molar-refractivity contribution is 7.14. The maximum atomic E-state index is 11.3. The molecular weight excluding hydrogens is 198 g/mol. The van der Waals surface area contributed by atoms with Crippen LogP contribution in [0.3, 0.4) is 0 Å². The molecule has 0 aromatic carbocycles. The summed E-state index contributed by atoms with van der Waals surface area (Å²) in [7, 11) is 2.99. The van der Waals surface area contributed by atoms with Gasteiger partial charge in [-0.05, 0) is 6.07 Å². The topological polar surface area (TPSA) is 29.5 Å². The maximum Gasteiger partial charge on any atom is 0.278 e. The lowest BCUT2D eigenvalue weighted by Gasteiger charge is -2.11. The predicted octanol–water partition coefficient (Wildman–Crippen LogP) is 2.03. The second-order valence-corrected chi connectivity index (χ2v) is 3.67. The van der Waals surface area contributed by atoms with Crippen molar-refractivity contribution in [1.82, 2.24) is 5.06 Å². The van der Waals surface area contributed by atoms with Crippen molar-refractivity contribution in [3.63, 3.8) is 0 Å². The molecule has 66 valence electrons. The summed E-state index contributed by atoms with van der Waals surface area (Å²) in [4.78, 5) is 16.1. The molecule has 12 heavy (non-hydrogen) atoms. The Hall–Kier alpha value is -0.580. The molecule has 0 radical (unpaired) electrons. The van der Waals surface area contributed by atoms with Gasteiger partial charge in [-0.1, -0.05) is 11.6 Å². The summed E-state index contributed by atoms with van der Waals surface area (Å²) in [6.45, 7) is 0. The Morgan fingerprint density at radius 1 is 1.75 bits per heavy atom. The van der Waals surface area contributed by atoms with E-state index in [1.165, 1.54) is 18.4 Å². The molecule has 3 nitrogen and oxygen atoms in total. The Morgan fingerprint density at radius 2 is 2.42 bits per heavy atom. The summed E-state index contributed by atoms with van der Waals surface area (Å²) >= 11 is 6.98. The number of halogens is 1. The van der Waals surface area contributed by atoms with Crippen LogP contribution in [0, 0.1) is 0 Å². The average Bonchev–Trinajstić information content (AvgIpc) is 2.49. The van der Waals surface area contributed by atoms with Gasteiger partial charge in [0.15, 0.2) is 0 Å². The van der Waals surface area contributed by atoms with Gasteiger partial charge in [-0.2, -0.15) is 0 Å². The fourth-order valence-electron chi connectivity index (χ4n) is 0.687. The smallest absolute Gasteiger partial charge is 0.274 e. The Kier molecular flexibility index (Phi) is 3.08. The number of hydrogen-bond acceptors (Lipinski definition) is 3. The van der Waals surface area contributed by atoms with E-state index in [9.17, 15) is 4.79 Å². The van der Waals surface area contributed by atoms with Crippen molar-refractivity contribution in [2.24, 2.45) is 0 Å². The van der Waals surface area contributed by atoms with Crippen molar-refractivity contribution >= 4 is 28.8 Å². The molecular formula is C7H8ClNO2S. The fraction of sp³-hybridized carbons (Fsp3) is 0.286. The first-order valence-electron chi connectivity index (χ1n) is 3.21. The normalized spacial score (nSPS) is 9.92. The van der Waals surface area contributed by atoms with E-state index in [-0.39, 0.29) is 5.91 Å². The van der Waals surface area contributed by atoms with Crippen molar-refractivity contribution < 1.29 is 9.63 Å². The van der Waals surface area contributed by atoms with Gasteiger partial charge in [0.25, 0.3) is 5.91 Å². The van der Waals surface area contributed by atoms with Gasteiger partial charge in [-0.25, -0.2) is 5.06 Å². The van der Waals surface area contributed by atoms with E-state index in [2.05, 4.69) is 0 Å². The van der Waals surface area contributed by atoms with Crippen molar-refractivity contribution in [2.45, 2.75) is 0 Å². The molecule has 0 N–H and O–H groups in total. The maximum absolute atomic E-state index is 11.3. The molecule has 0 bridgehead atoms. The van der Waals surface area contributed by atoms with Crippen LogP contribution in [-0.4, -0.2) is 25.1 Å². The molecule has 0 aliphatic heterocycles. The number of amides is 1. The van der Waals surface area contributed by atoms with E-state index in [4.69, 9.17) is 16.4 Å². The Bertz CT molecular complexity index is 287. The minimum atomic E-state index is -0.194. The van der Waals surface area contributed by atoms with Crippen LogP contribution in [0.25, 0.3) is 0 Å². The third-order valence-corrected chi connectivity index (χ3v) is 2.47. The number of carbonyl (C=O) groups is 1. The molecule has 0 aliphatic carbocycles. The summed E-state index contributed by atoms with van der Waals surface area (Å²) in [5.74, 6) is -0.194. The minimum Gasteiger partial charge on any atom is -0.274 e. The summed E-state index contributed by atoms with van der Waals surface area (Å²) in [5.41, 5.74) is 0.550. The quantitative estimate of drug-likeness (QED) is 0.692. The molecule has 0 fully saturated rings. The average molecular weight is 206 g/mol. The largest absolute Gasteiger partial charge is 0.278 e. The van der Waals surface area contributed by atoms with Gasteiger partial charge >= 0.3 is 0 Å². The molecule has 1 amide bonds. The third-order valence-electron chi connectivity index (χ3n) is 1.37. The zero-order chi connectivity index (χ0) is 9.14. The second-order valence-electron chi connectivity index (χ2n) is 2.12. The summed E-state index contributed by atoms with van der Waals surface area (Å²) in [5, 5.41) is 2.85. The van der Waals surface area contributed by atoms with Gasteiger partial charge in [-0.3, -0.25) is 9.63 Å². The number of carbonyl (C=O) groups excluding carboxylic acids is 1. The fourth-order valence-corrected chi connectivity index (χ4v) is 1.54. The lowest BCUT2D eigenvalue weighted by Crippen LogP contribution is -2.24. The molecule has 1 aromatic heterocycles. The van der Waals surface area contributed by atoms with Crippen LogP contribution in [0.1, 0.15) is 10.4 Å². The number of hydrogen-bond donors (Lipinski definition) is 0. The molecule has 1 rings (SSSR count). The van der Waals surface area contributed by atoms with Crippen molar-refractivity contribution in [3.05, 3.63) is 21.3 Å². The van der Waals surface area contributed by atoms with Gasteiger partial charge in [-0.15, -0.1) is 11.3 Å². The zero-order valence-corrected chi connectivity index (χ0v) is 8.28. The summed E-state index contributed by atoms with van der Waals surface area (Å²) < 4.78 is 0.600. The standard InChI is InChI=1S/C7H8ClNO2S/c1-9(11-2)7(10)5-3-6(8)12-4-5/h3-4H,1-2H3. The Labute approximate surface area is 79.5 Å². The first-order valence-corrected chi connectivity index (χ1v) is 4.47. The van der Waals surface area contributed by atoms with E-state index in [0.29, 0.717) is 9.90 Å². The van der Waals surface area contributed by atoms with Gasteiger partial charge in [0.05, 0.1) is 17.0 Å². The number of thiophene rings is 1. The minimum absolute atomic E-state index is 0.194. The number of nitrogens with zero attached hydrogens (tertiary/aromatic N) is 1. The summed E-state index contributed by atoms with van der Waals surface area (Å²) in [6.07, 6.45) is 0. The highest BCUT2D eigenvalue weighted by Crippen LogP contribution is 2.20. The lowest BCUT2D eigenvalue weighted by atomic mass is 10.3. The van der Waals surface area contributed by atoms with Crippen LogP contribution in [0.5, 0.6) is 0 Å². The predicted molar refractivity (Wildman–Crippen MR) is 48.4 cm³/mol. The molecule has 0 atom stereocenters. The van der Waals surface area contributed by atoms with Crippen molar-refractivity contribution in [2.75, 3.05) is 14.2 Å². The molecule has 1 heterocycles. The SMILES string of the molecule is CON(C)C(=O)c1csc(Cl)c1. The molecule has 0 aliphatic rings. The number of rotatable bonds is 2. The van der Waals surface area contributed by atoms with Gasteiger partial charge < -0.3 is 0 Å². The first-order chi connectivity index (χ1) is 5.65. The van der Waals surface area contributed by atoms with E-state index in [0.717, 1.165) is 5.06 Å².